The molecule has 0 radical (unpaired) electrons. The van der Waals surface area contributed by atoms with Crippen LogP contribution in [-0.2, 0) is 6.42 Å². The first-order valence-electron chi connectivity index (χ1n) is 6.34. The van der Waals surface area contributed by atoms with E-state index in [0.717, 1.165) is 41.7 Å². The van der Waals surface area contributed by atoms with E-state index in [0.29, 0.717) is 5.02 Å². The van der Waals surface area contributed by atoms with Gasteiger partial charge in [-0.1, -0.05) is 18.5 Å². The standard InChI is InChI=1S/C13H18ClN5/c1-5-6-10-16-11(15-4)7-12(17-10)19-9(3)13(14)8(2)18-19/h7H,5-6H2,1-4H3,(H,15,16,17). The Bertz CT molecular complexity index is 591. The zero-order valence-electron chi connectivity index (χ0n) is 11.7. The van der Waals surface area contributed by atoms with Gasteiger partial charge in [0, 0.05) is 19.5 Å². The summed E-state index contributed by atoms with van der Waals surface area (Å²) in [6.07, 6.45) is 1.85. The van der Waals surface area contributed by atoms with Crippen LogP contribution in [-0.4, -0.2) is 26.8 Å². The van der Waals surface area contributed by atoms with Crippen molar-refractivity contribution in [3.63, 3.8) is 0 Å². The molecule has 0 aliphatic carbocycles. The second kappa shape index (κ2) is 5.57. The van der Waals surface area contributed by atoms with Gasteiger partial charge in [0.2, 0.25) is 0 Å². The molecular weight excluding hydrogens is 262 g/mol. The molecule has 0 spiro atoms. The molecule has 0 amide bonds. The van der Waals surface area contributed by atoms with Crippen molar-refractivity contribution in [2.75, 3.05) is 12.4 Å². The predicted octanol–water partition coefficient (Wildman–Crippen LogP) is 2.93. The van der Waals surface area contributed by atoms with Crippen LogP contribution in [0.3, 0.4) is 0 Å². The fourth-order valence-electron chi connectivity index (χ4n) is 1.90. The molecule has 19 heavy (non-hydrogen) atoms. The van der Waals surface area contributed by atoms with Crippen molar-refractivity contribution in [1.29, 1.82) is 0 Å². The van der Waals surface area contributed by atoms with Crippen molar-refractivity contribution in [3.05, 3.63) is 28.3 Å². The molecule has 0 atom stereocenters. The topological polar surface area (TPSA) is 55.6 Å². The maximum absolute atomic E-state index is 6.18. The van der Waals surface area contributed by atoms with Gasteiger partial charge in [0.05, 0.1) is 16.4 Å². The van der Waals surface area contributed by atoms with Crippen molar-refractivity contribution in [3.8, 4) is 5.82 Å². The number of nitrogens with one attached hydrogen (secondary N) is 1. The van der Waals surface area contributed by atoms with Crippen molar-refractivity contribution < 1.29 is 0 Å². The second-order valence-corrected chi connectivity index (χ2v) is 4.80. The van der Waals surface area contributed by atoms with Crippen LogP contribution in [0.4, 0.5) is 5.82 Å². The number of hydrogen-bond acceptors (Lipinski definition) is 4. The highest BCUT2D eigenvalue weighted by molar-refractivity contribution is 6.31. The van der Waals surface area contributed by atoms with Crippen LogP contribution in [0.15, 0.2) is 6.07 Å². The molecule has 102 valence electrons. The summed E-state index contributed by atoms with van der Waals surface area (Å²) in [4.78, 5) is 8.98. The van der Waals surface area contributed by atoms with Crippen molar-refractivity contribution in [1.82, 2.24) is 19.7 Å². The van der Waals surface area contributed by atoms with Gasteiger partial charge in [-0.2, -0.15) is 5.10 Å². The van der Waals surface area contributed by atoms with Crippen LogP contribution in [0.25, 0.3) is 5.82 Å². The van der Waals surface area contributed by atoms with Gasteiger partial charge in [-0.25, -0.2) is 14.6 Å². The van der Waals surface area contributed by atoms with E-state index in [2.05, 4.69) is 27.3 Å². The highest BCUT2D eigenvalue weighted by Crippen LogP contribution is 2.22. The molecule has 2 aromatic rings. The van der Waals surface area contributed by atoms with Crippen LogP contribution in [0.1, 0.15) is 30.6 Å². The van der Waals surface area contributed by atoms with E-state index in [-0.39, 0.29) is 0 Å². The molecule has 0 saturated heterocycles. The number of aromatic nitrogens is 4. The van der Waals surface area contributed by atoms with Crippen molar-refractivity contribution in [2.24, 2.45) is 0 Å². The molecule has 0 bridgehead atoms. The summed E-state index contributed by atoms with van der Waals surface area (Å²) in [6, 6.07) is 1.87. The summed E-state index contributed by atoms with van der Waals surface area (Å²) in [7, 11) is 1.84. The van der Waals surface area contributed by atoms with Gasteiger partial charge >= 0.3 is 0 Å². The van der Waals surface area contributed by atoms with E-state index in [4.69, 9.17) is 11.6 Å². The van der Waals surface area contributed by atoms with E-state index in [9.17, 15) is 0 Å². The third kappa shape index (κ3) is 2.71. The fourth-order valence-corrected chi connectivity index (χ4v) is 2.02. The quantitative estimate of drug-likeness (QED) is 0.935. The van der Waals surface area contributed by atoms with E-state index in [1.807, 2.05) is 27.0 Å². The first-order valence-corrected chi connectivity index (χ1v) is 6.72. The molecule has 0 aliphatic rings. The molecule has 5 nitrogen and oxygen atoms in total. The van der Waals surface area contributed by atoms with Gasteiger partial charge in [-0.3, -0.25) is 0 Å². The number of rotatable bonds is 4. The zero-order valence-corrected chi connectivity index (χ0v) is 12.4. The maximum atomic E-state index is 6.18. The molecule has 0 fully saturated rings. The molecule has 6 heteroatoms. The Hall–Kier alpha value is -1.62. The summed E-state index contributed by atoms with van der Waals surface area (Å²) in [5.74, 6) is 2.35. The maximum Gasteiger partial charge on any atom is 0.159 e. The molecule has 0 aliphatic heterocycles. The Morgan fingerprint density at radius 1 is 1.32 bits per heavy atom. The third-order valence-corrected chi connectivity index (χ3v) is 3.46. The lowest BCUT2D eigenvalue weighted by Crippen LogP contribution is -2.08. The average Bonchev–Trinajstić information content (AvgIpc) is 2.66. The van der Waals surface area contributed by atoms with Gasteiger partial charge in [0.15, 0.2) is 5.82 Å². The second-order valence-electron chi connectivity index (χ2n) is 4.42. The lowest BCUT2D eigenvalue weighted by atomic mass is 10.3. The summed E-state index contributed by atoms with van der Waals surface area (Å²) in [5.41, 5.74) is 1.70. The molecule has 0 saturated carbocycles. The van der Waals surface area contributed by atoms with Crippen molar-refractivity contribution in [2.45, 2.75) is 33.6 Å². The average molecular weight is 280 g/mol. The lowest BCUT2D eigenvalue weighted by Gasteiger charge is -2.08. The number of halogens is 1. The SMILES string of the molecule is CCCc1nc(NC)cc(-n2nc(C)c(Cl)c2C)n1. The highest BCUT2D eigenvalue weighted by atomic mass is 35.5. The van der Waals surface area contributed by atoms with E-state index < -0.39 is 0 Å². The lowest BCUT2D eigenvalue weighted by molar-refractivity contribution is 0.767. The van der Waals surface area contributed by atoms with Gasteiger partial charge < -0.3 is 5.32 Å². The summed E-state index contributed by atoms with van der Waals surface area (Å²) in [5, 5.41) is 8.16. The number of aryl methyl sites for hydroxylation is 2. The van der Waals surface area contributed by atoms with Crippen LogP contribution in [0.2, 0.25) is 5.02 Å². The first kappa shape index (κ1) is 13.8. The highest BCUT2D eigenvalue weighted by Gasteiger charge is 2.13. The van der Waals surface area contributed by atoms with Crippen LogP contribution >= 0.6 is 11.6 Å². The normalized spacial score (nSPS) is 10.8. The van der Waals surface area contributed by atoms with Gasteiger partial charge in [-0.15, -0.1) is 0 Å². The zero-order chi connectivity index (χ0) is 14.0. The summed E-state index contributed by atoms with van der Waals surface area (Å²) >= 11 is 6.18. The molecule has 1 N–H and O–H groups in total. The third-order valence-electron chi connectivity index (χ3n) is 2.91. The Labute approximate surface area is 118 Å². The van der Waals surface area contributed by atoms with Crippen LogP contribution < -0.4 is 5.32 Å². The molecule has 2 aromatic heterocycles. The minimum atomic E-state index is 0.682. The van der Waals surface area contributed by atoms with E-state index in [1.165, 1.54) is 0 Å². The largest absolute Gasteiger partial charge is 0.373 e. The molecular formula is C13H18ClN5. The fraction of sp³-hybridized carbons (Fsp3) is 0.462. The van der Waals surface area contributed by atoms with Gasteiger partial charge in [-0.05, 0) is 20.3 Å². The van der Waals surface area contributed by atoms with E-state index >= 15 is 0 Å². The minimum absolute atomic E-state index is 0.682. The molecule has 2 heterocycles. The number of nitrogens with zero attached hydrogens (tertiary/aromatic N) is 4. The Balaban J connectivity index is 2.54. The summed E-state index contributed by atoms with van der Waals surface area (Å²) in [6.45, 7) is 5.93. The van der Waals surface area contributed by atoms with Crippen LogP contribution in [0.5, 0.6) is 0 Å². The van der Waals surface area contributed by atoms with E-state index in [1.54, 1.807) is 4.68 Å². The smallest absolute Gasteiger partial charge is 0.159 e. The predicted molar refractivity (Wildman–Crippen MR) is 77.2 cm³/mol. The summed E-state index contributed by atoms with van der Waals surface area (Å²) < 4.78 is 1.76. The Morgan fingerprint density at radius 2 is 2.05 bits per heavy atom. The molecule has 0 unspecified atom stereocenters. The number of anilines is 1. The molecule has 0 aromatic carbocycles. The van der Waals surface area contributed by atoms with Gasteiger partial charge in [0.25, 0.3) is 0 Å². The minimum Gasteiger partial charge on any atom is -0.373 e. The first-order chi connectivity index (χ1) is 9.06. The van der Waals surface area contributed by atoms with Crippen molar-refractivity contribution >= 4 is 17.4 Å². The Morgan fingerprint density at radius 3 is 2.58 bits per heavy atom. The monoisotopic (exact) mass is 279 g/mol. The molecule has 2 rings (SSSR count). The van der Waals surface area contributed by atoms with Crippen LogP contribution in [0, 0.1) is 13.8 Å². The number of hydrogen-bond donors (Lipinski definition) is 1. The van der Waals surface area contributed by atoms with Gasteiger partial charge in [0.1, 0.15) is 11.6 Å². The Kier molecular flexibility index (Phi) is 4.04.